The number of benzene rings is 1. The fourth-order valence-corrected chi connectivity index (χ4v) is 3.27. The lowest BCUT2D eigenvalue weighted by atomic mass is 9.88. The van der Waals surface area contributed by atoms with E-state index in [1.54, 1.807) is 18.2 Å². The van der Waals surface area contributed by atoms with Gasteiger partial charge in [-0.3, -0.25) is 9.59 Å². The average Bonchev–Trinajstić information content (AvgIpc) is 2.67. The molecule has 1 rings (SSSR count). The topological polar surface area (TPSA) is 92.4 Å². The van der Waals surface area contributed by atoms with Gasteiger partial charge in [-0.25, -0.2) is 4.39 Å². The summed E-state index contributed by atoms with van der Waals surface area (Å²) in [5, 5.41) is 13.2. The molecule has 157 valence electrons. The Kier molecular flexibility index (Phi) is 11.2. The summed E-state index contributed by atoms with van der Waals surface area (Å²) >= 11 is 1.71. The lowest BCUT2D eigenvalue weighted by molar-refractivity contribution is -0.131. The Morgan fingerprint density at radius 1 is 1.36 bits per heavy atom. The van der Waals surface area contributed by atoms with Crippen LogP contribution in [0.4, 0.5) is 4.39 Å². The van der Waals surface area contributed by atoms with Gasteiger partial charge in [0.15, 0.2) is 5.67 Å². The standard InChI is InChI=1S/C21H32FN2O3S/c1-3-28-14-13-24-19(26)17(11-12-21(2,22)20(23)27)15-18(25)10-9-16-7-5-4-6-8-16/h4-8,10,17-18,25H,3,9,11-15H2,1-2H3,(H2,23,27)(H,24,26)/t17?,18-,21?/m0/s1. The van der Waals surface area contributed by atoms with Crippen molar-refractivity contribution in [2.45, 2.75) is 51.3 Å². The molecule has 0 heterocycles. The van der Waals surface area contributed by atoms with Gasteiger partial charge in [0.2, 0.25) is 5.91 Å². The lowest BCUT2D eigenvalue weighted by Crippen LogP contribution is -2.39. The number of carbonyl (C=O) groups excluding carboxylic acids is 2. The fourth-order valence-electron chi connectivity index (χ4n) is 2.73. The van der Waals surface area contributed by atoms with Crippen LogP contribution in [0.3, 0.4) is 0 Å². The van der Waals surface area contributed by atoms with Crippen molar-refractivity contribution in [3.05, 3.63) is 42.3 Å². The minimum atomic E-state index is -2.17. The van der Waals surface area contributed by atoms with E-state index >= 15 is 0 Å². The number of hydrogen-bond acceptors (Lipinski definition) is 4. The smallest absolute Gasteiger partial charge is 0.254 e. The predicted molar refractivity (Wildman–Crippen MR) is 113 cm³/mol. The first-order valence-electron chi connectivity index (χ1n) is 9.65. The van der Waals surface area contributed by atoms with Crippen LogP contribution >= 0.6 is 11.8 Å². The highest BCUT2D eigenvalue weighted by atomic mass is 32.2. The number of thioether (sulfide) groups is 1. The van der Waals surface area contributed by atoms with Gasteiger partial charge in [0.05, 0.1) is 6.10 Å². The van der Waals surface area contributed by atoms with Crippen LogP contribution in [0, 0.1) is 12.3 Å². The Morgan fingerprint density at radius 3 is 2.64 bits per heavy atom. The number of rotatable bonds is 14. The second kappa shape index (κ2) is 12.8. The van der Waals surface area contributed by atoms with Crippen molar-refractivity contribution in [2.24, 2.45) is 11.7 Å². The van der Waals surface area contributed by atoms with E-state index in [9.17, 15) is 19.1 Å². The molecule has 0 saturated carbocycles. The third-order valence-electron chi connectivity index (χ3n) is 4.59. The monoisotopic (exact) mass is 411 g/mol. The van der Waals surface area contributed by atoms with Gasteiger partial charge >= 0.3 is 0 Å². The van der Waals surface area contributed by atoms with Crippen molar-refractivity contribution in [1.82, 2.24) is 5.32 Å². The van der Waals surface area contributed by atoms with Gasteiger partial charge in [0.1, 0.15) is 0 Å². The van der Waals surface area contributed by atoms with E-state index in [4.69, 9.17) is 5.73 Å². The van der Waals surface area contributed by atoms with Crippen LogP contribution in [-0.2, 0) is 16.0 Å². The maximum Gasteiger partial charge on any atom is 0.254 e. The van der Waals surface area contributed by atoms with Gasteiger partial charge < -0.3 is 16.2 Å². The highest BCUT2D eigenvalue weighted by Crippen LogP contribution is 2.24. The lowest BCUT2D eigenvalue weighted by Gasteiger charge is -2.23. The molecule has 0 spiro atoms. The number of aliphatic hydroxyl groups excluding tert-OH is 1. The van der Waals surface area contributed by atoms with Crippen LogP contribution in [0.25, 0.3) is 0 Å². The van der Waals surface area contributed by atoms with Crippen molar-refractivity contribution < 1.29 is 19.1 Å². The fraction of sp³-hybridized carbons (Fsp3) is 0.571. The van der Waals surface area contributed by atoms with E-state index < -0.39 is 23.6 Å². The van der Waals surface area contributed by atoms with E-state index in [1.807, 2.05) is 37.3 Å². The largest absolute Gasteiger partial charge is 0.393 e. The quantitative estimate of drug-likeness (QED) is 0.410. The van der Waals surface area contributed by atoms with Gasteiger partial charge in [-0.15, -0.1) is 0 Å². The summed E-state index contributed by atoms with van der Waals surface area (Å²) in [6.45, 7) is 3.68. The Bertz CT molecular complexity index is 599. The van der Waals surface area contributed by atoms with E-state index in [-0.39, 0.29) is 25.2 Å². The Morgan fingerprint density at radius 2 is 2.04 bits per heavy atom. The summed E-state index contributed by atoms with van der Waals surface area (Å²) < 4.78 is 14.2. The predicted octanol–water partition coefficient (Wildman–Crippen LogP) is 2.66. The van der Waals surface area contributed by atoms with Crippen LogP contribution in [0.2, 0.25) is 0 Å². The first kappa shape index (κ1) is 24.4. The highest BCUT2D eigenvalue weighted by molar-refractivity contribution is 7.99. The molecule has 0 aliphatic rings. The summed E-state index contributed by atoms with van der Waals surface area (Å²) in [6, 6.07) is 9.68. The van der Waals surface area contributed by atoms with Gasteiger partial charge in [-0.2, -0.15) is 11.8 Å². The van der Waals surface area contributed by atoms with Crippen molar-refractivity contribution in [3.63, 3.8) is 0 Å². The molecule has 28 heavy (non-hydrogen) atoms. The first-order valence-corrected chi connectivity index (χ1v) is 10.8. The van der Waals surface area contributed by atoms with Crippen LogP contribution in [0.15, 0.2) is 30.3 Å². The molecular weight excluding hydrogens is 379 g/mol. The van der Waals surface area contributed by atoms with Gasteiger partial charge in [0.25, 0.3) is 5.91 Å². The zero-order valence-electron chi connectivity index (χ0n) is 16.7. The summed E-state index contributed by atoms with van der Waals surface area (Å²) in [5.41, 5.74) is 3.97. The molecule has 4 N–H and O–H groups in total. The third kappa shape index (κ3) is 9.55. The Balaban J connectivity index is 2.61. The third-order valence-corrected chi connectivity index (χ3v) is 5.49. The van der Waals surface area contributed by atoms with Crippen molar-refractivity contribution >= 4 is 23.6 Å². The molecule has 0 saturated heterocycles. The molecule has 2 unspecified atom stereocenters. The maximum atomic E-state index is 14.2. The first-order chi connectivity index (χ1) is 13.3. The molecule has 3 atom stereocenters. The minimum Gasteiger partial charge on any atom is -0.393 e. The summed E-state index contributed by atoms with van der Waals surface area (Å²) in [6.07, 6.45) is 1.67. The van der Waals surface area contributed by atoms with Crippen molar-refractivity contribution in [2.75, 3.05) is 18.1 Å². The summed E-state index contributed by atoms with van der Waals surface area (Å²) in [5.74, 6) is -0.111. The molecule has 1 aromatic rings. The average molecular weight is 412 g/mol. The van der Waals surface area contributed by atoms with E-state index in [1.165, 1.54) is 0 Å². The molecule has 1 aromatic carbocycles. The van der Waals surface area contributed by atoms with Gasteiger partial charge in [0, 0.05) is 18.2 Å². The van der Waals surface area contributed by atoms with Crippen LogP contribution in [-0.4, -0.2) is 46.7 Å². The zero-order valence-corrected chi connectivity index (χ0v) is 17.5. The Hall–Kier alpha value is -1.60. The van der Waals surface area contributed by atoms with Crippen LogP contribution in [0.5, 0.6) is 0 Å². The molecule has 5 nitrogen and oxygen atoms in total. The molecule has 7 heteroatoms. The summed E-state index contributed by atoms with van der Waals surface area (Å²) in [4.78, 5) is 23.7. The number of aliphatic hydroxyl groups is 1. The molecule has 0 aliphatic heterocycles. The SMILES string of the molecule is CCSCCNC(=O)C(CCC(C)(F)C(N)=O)C[C@@H](O)[CH]Cc1ccccc1. The number of carbonyl (C=O) groups is 2. The molecule has 0 aliphatic carbocycles. The molecule has 0 aromatic heterocycles. The normalized spacial score (nSPS) is 15.4. The van der Waals surface area contributed by atoms with Crippen LogP contribution < -0.4 is 11.1 Å². The van der Waals surface area contributed by atoms with Gasteiger partial charge in [-0.05, 0) is 50.3 Å². The zero-order chi connectivity index (χ0) is 21.0. The van der Waals surface area contributed by atoms with E-state index in [2.05, 4.69) is 5.32 Å². The van der Waals surface area contributed by atoms with E-state index in [0.29, 0.717) is 13.0 Å². The molecular formula is C21H32FN2O3S. The van der Waals surface area contributed by atoms with Crippen molar-refractivity contribution in [3.8, 4) is 0 Å². The molecule has 0 bridgehead atoms. The van der Waals surface area contributed by atoms with Crippen molar-refractivity contribution in [1.29, 1.82) is 0 Å². The number of halogens is 1. The number of amides is 2. The number of alkyl halides is 1. The number of hydrogen-bond donors (Lipinski definition) is 3. The second-order valence-electron chi connectivity index (χ2n) is 7.01. The minimum absolute atomic E-state index is 0.138. The van der Waals surface area contributed by atoms with Crippen LogP contribution in [0.1, 0.15) is 38.7 Å². The second-order valence-corrected chi connectivity index (χ2v) is 8.41. The molecule has 1 radical (unpaired) electrons. The number of primary amides is 1. The van der Waals surface area contributed by atoms with E-state index in [0.717, 1.165) is 24.0 Å². The molecule has 2 amide bonds. The Labute approximate surface area is 171 Å². The summed E-state index contributed by atoms with van der Waals surface area (Å²) in [7, 11) is 0. The number of nitrogens with two attached hydrogens (primary N) is 1. The maximum absolute atomic E-state index is 14.2. The highest BCUT2D eigenvalue weighted by Gasteiger charge is 2.33. The molecule has 0 fully saturated rings. The van der Waals surface area contributed by atoms with Gasteiger partial charge in [-0.1, -0.05) is 37.3 Å². The number of nitrogens with one attached hydrogen (secondary N) is 1.